The van der Waals surface area contributed by atoms with Crippen molar-refractivity contribution in [3.8, 4) is 0 Å². The average Bonchev–Trinajstić information content (AvgIpc) is 2.86. The van der Waals surface area contributed by atoms with Gasteiger partial charge in [0, 0.05) is 25.4 Å². The van der Waals surface area contributed by atoms with Gasteiger partial charge < -0.3 is 0 Å². The van der Waals surface area contributed by atoms with Crippen LogP contribution in [0.25, 0.3) is 0 Å². The molecule has 0 amide bonds. The number of alkyl halides is 3. The minimum Gasteiger partial charge on any atom is -0.299 e. The SMILES string of the molecule is Cc1nn(C)cc1CNC1(C(F)(F)F)CC1. The van der Waals surface area contributed by atoms with Gasteiger partial charge in [0.25, 0.3) is 0 Å². The largest absolute Gasteiger partial charge is 0.406 e. The zero-order valence-electron chi connectivity index (χ0n) is 9.23. The standard InChI is InChI=1S/C10H14F3N3/c1-7-8(6-16(2)15-7)5-14-9(3-4-9)10(11,12)13/h6,14H,3-5H2,1-2H3. The van der Waals surface area contributed by atoms with Crippen LogP contribution in [-0.2, 0) is 13.6 Å². The second kappa shape index (κ2) is 3.48. The summed E-state index contributed by atoms with van der Waals surface area (Å²) in [5.41, 5.74) is -0.0547. The van der Waals surface area contributed by atoms with E-state index in [4.69, 9.17) is 0 Å². The molecule has 3 nitrogen and oxygen atoms in total. The van der Waals surface area contributed by atoms with Gasteiger partial charge in [0.05, 0.1) is 5.69 Å². The highest BCUT2D eigenvalue weighted by atomic mass is 19.4. The maximum atomic E-state index is 12.6. The number of nitrogens with zero attached hydrogens (tertiary/aromatic N) is 2. The van der Waals surface area contributed by atoms with Gasteiger partial charge >= 0.3 is 6.18 Å². The van der Waals surface area contributed by atoms with Gasteiger partial charge in [0.2, 0.25) is 0 Å². The van der Waals surface area contributed by atoms with Crippen molar-refractivity contribution in [2.75, 3.05) is 0 Å². The lowest BCUT2D eigenvalue weighted by Crippen LogP contribution is -2.44. The molecule has 1 fully saturated rings. The van der Waals surface area contributed by atoms with E-state index in [1.807, 2.05) is 0 Å². The molecule has 0 aliphatic heterocycles. The summed E-state index contributed by atoms with van der Waals surface area (Å²) >= 11 is 0. The van der Waals surface area contributed by atoms with Crippen LogP contribution in [-0.4, -0.2) is 21.5 Å². The molecule has 1 saturated carbocycles. The summed E-state index contributed by atoms with van der Waals surface area (Å²) in [5, 5.41) is 6.69. The summed E-state index contributed by atoms with van der Waals surface area (Å²) in [5.74, 6) is 0. The molecule has 1 aliphatic rings. The zero-order valence-corrected chi connectivity index (χ0v) is 9.23. The van der Waals surface area contributed by atoms with E-state index in [-0.39, 0.29) is 19.4 Å². The normalized spacial score (nSPS) is 18.8. The van der Waals surface area contributed by atoms with Crippen LogP contribution in [0.2, 0.25) is 0 Å². The van der Waals surface area contributed by atoms with Crippen molar-refractivity contribution >= 4 is 0 Å². The highest BCUT2D eigenvalue weighted by Gasteiger charge is 2.62. The summed E-state index contributed by atoms with van der Waals surface area (Å²) in [6, 6.07) is 0. The molecule has 1 heterocycles. The summed E-state index contributed by atoms with van der Waals surface area (Å²) in [6.07, 6.45) is -2.05. The van der Waals surface area contributed by atoms with Gasteiger partial charge in [-0.1, -0.05) is 0 Å². The lowest BCUT2D eigenvalue weighted by Gasteiger charge is -2.20. The highest BCUT2D eigenvalue weighted by Crippen LogP contribution is 2.49. The highest BCUT2D eigenvalue weighted by molar-refractivity contribution is 5.17. The first-order chi connectivity index (χ1) is 7.34. The molecule has 0 spiro atoms. The Morgan fingerprint density at radius 3 is 2.50 bits per heavy atom. The van der Waals surface area contributed by atoms with Gasteiger partial charge in [-0.15, -0.1) is 0 Å². The first kappa shape index (κ1) is 11.4. The van der Waals surface area contributed by atoms with Gasteiger partial charge in [-0.3, -0.25) is 10.00 Å². The summed E-state index contributed by atoms with van der Waals surface area (Å²) in [6.45, 7) is 2.02. The average molecular weight is 233 g/mol. The number of hydrogen-bond donors (Lipinski definition) is 1. The first-order valence-electron chi connectivity index (χ1n) is 5.15. The summed E-state index contributed by atoms with van der Waals surface area (Å²) in [4.78, 5) is 0. The molecule has 0 aromatic carbocycles. The minimum absolute atomic E-state index is 0.176. The van der Waals surface area contributed by atoms with Crippen LogP contribution < -0.4 is 5.32 Å². The number of halogens is 3. The third-order valence-corrected chi connectivity index (χ3v) is 3.02. The third kappa shape index (κ3) is 1.93. The van der Waals surface area contributed by atoms with Crippen molar-refractivity contribution in [1.29, 1.82) is 0 Å². The maximum absolute atomic E-state index is 12.6. The number of hydrogen-bond acceptors (Lipinski definition) is 2. The molecule has 0 bridgehead atoms. The van der Waals surface area contributed by atoms with Crippen molar-refractivity contribution in [3.05, 3.63) is 17.5 Å². The molecule has 6 heteroatoms. The Hall–Kier alpha value is -1.04. The molecular formula is C10H14F3N3. The molecular weight excluding hydrogens is 219 g/mol. The van der Waals surface area contributed by atoms with Crippen molar-refractivity contribution < 1.29 is 13.2 Å². The van der Waals surface area contributed by atoms with E-state index in [9.17, 15) is 13.2 Å². The second-order valence-electron chi connectivity index (χ2n) is 4.35. The van der Waals surface area contributed by atoms with E-state index < -0.39 is 11.7 Å². The molecule has 1 N–H and O–H groups in total. The minimum atomic E-state index is -4.15. The fourth-order valence-electron chi connectivity index (χ4n) is 1.77. The summed E-state index contributed by atoms with van der Waals surface area (Å²) in [7, 11) is 1.76. The Morgan fingerprint density at radius 1 is 1.50 bits per heavy atom. The fourth-order valence-corrected chi connectivity index (χ4v) is 1.77. The first-order valence-corrected chi connectivity index (χ1v) is 5.15. The van der Waals surface area contributed by atoms with Crippen LogP contribution in [0.4, 0.5) is 13.2 Å². The smallest absolute Gasteiger partial charge is 0.299 e. The number of rotatable bonds is 3. The van der Waals surface area contributed by atoms with Gasteiger partial charge in [-0.05, 0) is 19.8 Å². The molecule has 0 saturated heterocycles. The topological polar surface area (TPSA) is 29.9 Å². The lowest BCUT2D eigenvalue weighted by atomic mass is 10.2. The fraction of sp³-hybridized carbons (Fsp3) is 0.700. The van der Waals surface area contributed by atoms with Gasteiger partial charge in [-0.25, -0.2) is 0 Å². The summed E-state index contributed by atoms with van der Waals surface area (Å²) < 4.78 is 39.5. The maximum Gasteiger partial charge on any atom is 0.406 e. The molecule has 90 valence electrons. The van der Waals surface area contributed by atoms with Gasteiger partial charge in [0.15, 0.2) is 0 Å². The zero-order chi connectivity index (χ0) is 12.0. The Morgan fingerprint density at radius 2 is 2.12 bits per heavy atom. The molecule has 0 radical (unpaired) electrons. The monoisotopic (exact) mass is 233 g/mol. The van der Waals surface area contributed by atoms with Crippen LogP contribution in [0.5, 0.6) is 0 Å². The Labute approximate surface area is 91.6 Å². The van der Waals surface area contributed by atoms with E-state index in [0.717, 1.165) is 11.3 Å². The number of nitrogens with one attached hydrogen (secondary N) is 1. The van der Waals surface area contributed by atoms with E-state index in [2.05, 4.69) is 10.4 Å². The Balaban J connectivity index is 2.01. The van der Waals surface area contributed by atoms with Crippen molar-refractivity contribution in [2.45, 2.75) is 38.0 Å². The Bertz CT molecular complexity index is 391. The van der Waals surface area contributed by atoms with Crippen molar-refractivity contribution in [1.82, 2.24) is 15.1 Å². The van der Waals surface area contributed by atoms with Crippen LogP contribution >= 0.6 is 0 Å². The van der Waals surface area contributed by atoms with E-state index >= 15 is 0 Å². The predicted octanol–water partition coefficient (Wildman–Crippen LogP) is 1.91. The molecule has 2 rings (SSSR count). The van der Waals surface area contributed by atoms with Crippen LogP contribution in [0.15, 0.2) is 6.20 Å². The lowest BCUT2D eigenvalue weighted by molar-refractivity contribution is -0.166. The number of aryl methyl sites for hydroxylation is 2. The van der Waals surface area contributed by atoms with Crippen LogP contribution in [0.1, 0.15) is 24.1 Å². The van der Waals surface area contributed by atoms with Crippen LogP contribution in [0.3, 0.4) is 0 Å². The molecule has 1 aromatic rings. The Kier molecular flexibility index (Phi) is 2.49. The van der Waals surface area contributed by atoms with E-state index in [0.29, 0.717) is 0 Å². The quantitative estimate of drug-likeness (QED) is 0.864. The molecule has 16 heavy (non-hydrogen) atoms. The molecule has 1 aliphatic carbocycles. The molecule has 0 atom stereocenters. The van der Waals surface area contributed by atoms with E-state index in [1.165, 1.54) is 0 Å². The van der Waals surface area contributed by atoms with E-state index in [1.54, 1.807) is 24.9 Å². The van der Waals surface area contributed by atoms with Crippen molar-refractivity contribution in [3.63, 3.8) is 0 Å². The second-order valence-corrected chi connectivity index (χ2v) is 4.35. The van der Waals surface area contributed by atoms with Crippen LogP contribution in [0, 0.1) is 6.92 Å². The molecule has 0 unspecified atom stereocenters. The predicted molar refractivity (Wildman–Crippen MR) is 52.8 cm³/mol. The van der Waals surface area contributed by atoms with Gasteiger partial charge in [-0.2, -0.15) is 18.3 Å². The van der Waals surface area contributed by atoms with Crippen molar-refractivity contribution in [2.24, 2.45) is 7.05 Å². The van der Waals surface area contributed by atoms with Gasteiger partial charge in [0.1, 0.15) is 5.54 Å². The number of aromatic nitrogens is 2. The molecule has 1 aromatic heterocycles. The third-order valence-electron chi connectivity index (χ3n) is 3.02.